The standard InChI is InChI=1S/C15H15NO6.2Na.2H/c1-3-8-5-6-10-13(9(8)4-2)15(21)16(14(10)20)22-12(19)7-11(17)18;;;;/h5-6H,3-4,7H2,1-2H3,(H,17,18);;;;. The molecule has 7 nitrogen and oxygen atoms in total. The summed E-state index contributed by atoms with van der Waals surface area (Å²) in [4.78, 5) is 51.0. The van der Waals surface area contributed by atoms with Crippen molar-refractivity contribution in [3.63, 3.8) is 0 Å². The summed E-state index contributed by atoms with van der Waals surface area (Å²) in [5.41, 5.74) is 2.09. The topological polar surface area (TPSA) is 101 Å². The zero-order chi connectivity index (χ0) is 16.4. The summed E-state index contributed by atoms with van der Waals surface area (Å²) >= 11 is 0. The van der Waals surface area contributed by atoms with Crippen LogP contribution in [0, 0.1) is 0 Å². The van der Waals surface area contributed by atoms with Crippen molar-refractivity contribution in [3.8, 4) is 0 Å². The molecule has 0 aliphatic carbocycles. The van der Waals surface area contributed by atoms with Gasteiger partial charge in [0.2, 0.25) is 0 Å². The number of carboxylic acid groups (broad SMARTS) is 1. The van der Waals surface area contributed by atoms with E-state index in [1.807, 2.05) is 13.8 Å². The average Bonchev–Trinajstić information content (AvgIpc) is 2.70. The summed E-state index contributed by atoms with van der Waals surface area (Å²) in [6.07, 6.45) is 0.341. The third-order valence-electron chi connectivity index (χ3n) is 3.45. The van der Waals surface area contributed by atoms with E-state index in [-0.39, 0.29) is 70.2 Å². The number of carbonyl (C=O) groups excluding carboxylic acids is 3. The maximum atomic E-state index is 12.4. The summed E-state index contributed by atoms with van der Waals surface area (Å²) in [6, 6.07) is 3.30. The molecular weight excluding hydrogens is 336 g/mol. The van der Waals surface area contributed by atoms with Gasteiger partial charge < -0.3 is 9.94 Å². The van der Waals surface area contributed by atoms with Crippen LogP contribution in [0.5, 0.6) is 0 Å². The molecule has 1 aromatic rings. The van der Waals surface area contributed by atoms with Gasteiger partial charge in [0.25, 0.3) is 11.8 Å². The molecule has 1 aliphatic rings. The summed E-state index contributed by atoms with van der Waals surface area (Å²) in [5.74, 6) is -4.05. The molecule has 1 N–H and O–H groups in total. The number of rotatable bonds is 5. The number of nitrogens with zero attached hydrogens (tertiary/aromatic N) is 1. The van der Waals surface area contributed by atoms with E-state index in [4.69, 9.17) is 5.11 Å². The van der Waals surface area contributed by atoms with Gasteiger partial charge in [0, 0.05) is 0 Å². The molecule has 1 aliphatic heterocycles. The van der Waals surface area contributed by atoms with Gasteiger partial charge >= 0.3 is 71.1 Å². The van der Waals surface area contributed by atoms with E-state index in [0.717, 1.165) is 11.1 Å². The molecule has 9 heteroatoms. The summed E-state index contributed by atoms with van der Waals surface area (Å²) in [5, 5.41) is 8.87. The van der Waals surface area contributed by atoms with Crippen LogP contribution in [0.1, 0.15) is 52.1 Å². The number of hydroxylamine groups is 2. The Kier molecular flexibility index (Phi) is 9.41. The molecule has 1 heterocycles. The van der Waals surface area contributed by atoms with Gasteiger partial charge in [0.1, 0.15) is 6.42 Å². The molecule has 2 amide bonds. The fourth-order valence-corrected chi connectivity index (χ4v) is 2.49. The van der Waals surface area contributed by atoms with Crippen LogP contribution in [0.3, 0.4) is 0 Å². The van der Waals surface area contributed by atoms with Gasteiger partial charge in [-0.25, -0.2) is 4.79 Å². The van der Waals surface area contributed by atoms with Crippen LogP contribution in [0.25, 0.3) is 0 Å². The molecule has 0 radical (unpaired) electrons. The third-order valence-corrected chi connectivity index (χ3v) is 3.45. The fraction of sp³-hybridized carbons (Fsp3) is 0.333. The Morgan fingerprint density at radius 1 is 1.08 bits per heavy atom. The van der Waals surface area contributed by atoms with E-state index in [0.29, 0.717) is 17.9 Å². The first-order valence-electron chi connectivity index (χ1n) is 6.86. The predicted octanol–water partition coefficient (Wildman–Crippen LogP) is 0.0433. The number of carboxylic acids is 1. The van der Waals surface area contributed by atoms with Crippen molar-refractivity contribution in [3.05, 3.63) is 34.4 Å². The van der Waals surface area contributed by atoms with Crippen LogP contribution in [0.4, 0.5) is 0 Å². The summed E-state index contributed by atoms with van der Waals surface area (Å²) in [6.45, 7) is 3.80. The second kappa shape index (κ2) is 9.70. The molecule has 0 spiro atoms. The molecule has 0 bridgehead atoms. The van der Waals surface area contributed by atoms with E-state index in [1.165, 1.54) is 6.07 Å². The van der Waals surface area contributed by atoms with Gasteiger partial charge in [0.05, 0.1) is 11.1 Å². The Morgan fingerprint density at radius 2 is 1.71 bits per heavy atom. The Bertz CT molecular complexity index is 689. The van der Waals surface area contributed by atoms with Crippen LogP contribution in [-0.4, -0.2) is 93.0 Å². The Morgan fingerprint density at radius 3 is 2.21 bits per heavy atom. The van der Waals surface area contributed by atoms with Crippen molar-refractivity contribution in [1.82, 2.24) is 5.06 Å². The molecule has 0 unspecified atom stereocenters. The van der Waals surface area contributed by atoms with Crippen molar-refractivity contribution in [2.24, 2.45) is 0 Å². The van der Waals surface area contributed by atoms with Crippen LogP contribution in [0.15, 0.2) is 12.1 Å². The van der Waals surface area contributed by atoms with Gasteiger partial charge in [-0.3, -0.25) is 14.4 Å². The number of imide groups is 1. The quantitative estimate of drug-likeness (QED) is 0.456. The molecule has 2 rings (SSSR count). The number of aryl methyl sites for hydroxylation is 1. The number of amides is 2. The fourth-order valence-electron chi connectivity index (χ4n) is 2.49. The van der Waals surface area contributed by atoms with Crippen molar-refractivity contribution in [2.75, 3.05) is 0 Å². The molecule has 1 aromatic carbocycles. The van der Waals surface area contributed by atoms with Crippen LogP contribution in [-0.2, 0) is 27.3 Å². The van der Waals surface area contributed by atoms with Crippen LogP contribution < -0.4 is 0 Å². The second-order valence-corrected chi connectivity index (χ2v) is 4.77. The van der Waals surface area contributed by atoms with E-state index in [9.17, 15) is 19.2 Å². The second-order valence-electron chi connectivity index (χ2n) is 4.77. The minimum atomic E-state index is -1.40. The van der Waals surface area contributed by atoms with Crippen molar-refractivity contribution in [2.45, 2.75) is 33.1 Å². The molecule has 120 valence electrons. The van der Waals surface area contributed by atoms with Gasteiger partial charge in [-0.1, -0.05) is 25.0 Å². The number of aliphatic carboxylic acids is 1. The first-order chi connectivity index (χ1) is 10.4. The van der Waals surface area contributed by atoms with Crippen LogP contribution in [0.2, 0.25) is 0 Å². The first kappa shape index (κ1) is 23.3. The molecule has 0 saturated heterocycles. The predicted molar refractivity (Wildman–Crippen MR) is 88.3 cm³/mol. The first-order valence-corrected chi connectivity index (χ1v) is 6.86. The number of hydrogen-bond acceptors (Lipinski definition) is 5. The number of hydrogen-bond donors (Lipinski definition) is 1. The molecule has 0 aromatic heterocycles. The number of fused-ring (bicyclic) bond motifs is 1. The molecule has 0 atom stereocenters. The van der Waals surface area contributed by atoms with Gasteiger partial charge in [0.15, 0.2) is 0 Å². The molecule has 24 heavy (non-hydrogen) atoms. The van der Waals surface area contributed by atoms with E-state index < -0.39 is 30.2 Å². The van der Waals surface area contributed by atoms with Crippen LogP contribution >= 0.6 is 0 Å². The average molecular weight is 353 g/mol. The Hall–Kier alpha value is -0.700. The Balaban J connectivity index is 0.00000264. The third kappa shape index (κ3) is 4.47. The number of benzene rings is 1. The van der Waals surface area contributed by atoms with E-state index in [2.05, 4.69) is 4.84 Å². The normalized spacial score (nSPS) is 12.2. The summed E-state index contributed by atoms with van der Waals surface area (Å²) < 4.78 is 0. The van der Waals surface area contributed by atoms with Gasteiger partial charge in [-0.05, 0) is 30.0 Å². The maximum absolute atomic E-state index is 12.4. The van der Waals surface area contributed by atoms with Crippen molar-refractivity contribution < 1.29 is 29.1 Å². The van der Waals surface area contributed by atoms with Gasteiger partial charge in [-0.2, -0.15) is 0 Å². The SMILES string of the molecule is CCc1ccc2c(c1CC)C(=O)N(OC(=O)CC(=O)O)C2=O.[NaH].[NaH]. The zero-order valence-electron chi connectivity index (χ0n) is 12.2. The van der Waals surface area contributed by atoms with E-state index >= 15 is 0 Å². The van der Waals surface area contributed by atoms with Gasteiger partial charge in [-0.15, -0.1) is 0 Å². The summed E-state index contributed by atoms with van der Waals surface area (Å²) in [7, 11) is 0. The number of carbonyl (C=O) groups is 4. The monoisotopic (exact) mass is 353 g/mol. The van der Waals surface area contributed by atoms with E-state index in [1.54, 1.807) is 6.07 Å². The molecular formula is C15H17NNa2O6. The molecule has 0 fully saturated rings. The zero-order valence-corrected chi connectivity index (χ0v) is 12.2. The molecule has 0 saturated carbocycles. The Labute approximate surface area is 183 Å². The minimum absolute atomic E-state index is 0. The van der Waals surface area contributed by atoms with Crippen molar-refractivity contribution in [1.29, 1.82) is 0 Å². The van der Waals surface area contributed by atoms with Crippen molar-refractivity contribution >= 4 is 82.9 Å².